The van der Waals surface area contributed by atoms with E-state index in [0.29, 0.717) is 27.7 Å². The molecule has 0 aliphatic carbocycles. The molecule has 2 aromatic heterocycles. The van der Waals surface area contributed by atoms with Gasteiger partial charge >= 0.3 is 5.97 Å². The number of hydrogen-bond donors (Lipinski definition) is 2. The van der Waals surface area contributed by atoms with Crippen LogP contribution < -0.4 is 5.56 Å². The van der Waals surface area contributed by atoms with Crippen LogP contribution in [0.1, 0.15) is 13.3 Å². The van der Waals surface area contributed by atoms with Crippen LogP contribution in [0.15, 0.2) is 52.5 Å². The van der Waals surface area contributed by atoms with E-state index in [2.05, 4.69) is 15.0 Å². The number of nitrogens with zero attached hydrogens (tertiary/aromatic N) is 1. The van der Waals surface area contributed by atoms with Crippen LogP contribution in [0.2, 0.25) is 0 Å². The summed E-state index contributed by atoms with van der Waals surface area (Å²) in [5, 5.41) is 0.441. The van der Waals surface area contributed by atoms with Gasteiger partial charge in [-0.05, 0) is 37.3 Å². The van der Waals surface area contributed by atoms with E-state index >= 15 is 0 Å². The Bertz CT molecular complexity index is 1080. The van der Waals surface area contributed by atoms with E-state index in [1.54, 1.807) is 25.1 Å². The van der Waals surface area contributed by atoms with Crippen molar-refractivity contribution >= 4 is 23.5 Å². The lowest BCUT2D eigenvalue weighted by molar-refractivity contribution is -0.145. The van der Waals surface area contributed by atoms with Crippen molar-refractivity contribution in [3.63, 3.8) is 0 Å². The van der Waals surface area contributed by atoms with Crippen LogP contribution in [-0.4, -0.2) is 39.1 Å². The Kier molecular flexibility index (Phi) is 6.61. The second kappa shape index (κ2) is 9.33. The van der Waals surface area contributed by atoms with Gasteiger partial charge in [-0.15, -0.1) is 0 Å². The Balaban J connectivity index is 1.86. The number of nitrogens with one attached hydrogen (secondary N) is 2. The van der Waals surface area contributed by atoms with E-state index in [1.807, 2.05) is 0 Å². The van der Waals surface area contributed by atoms with Crippen molar-refractivity contribution in [3.8, 4) is 22.5 Å². The van der Waals surface area contributed by atoms with Gasteiger partial charge in [-0.3, -0.25) is 14.4 Å². The average Bonchev–Trinajstić information content (AvgIpc) is 3.11. The van der Waals surface area contributed by atoms with E-state index in [0.717, 1.165) is 11.8 Å². The number of aromatic amines is 2. The number of Topliss-reactive ketones (excluding diaryl/α,β-unsaturated/α-hetero) is 1. The van der Waals surface area contributed by atoms with Crippen molar-refractivity contribution < 1.29 is 18.7 Å². The molecule has 0 fully saturated rings. The Hall–Kier alpha value is -3.20. The molecule has 7 nitrogen and oxygen atoms in total. The molecule has 0 saturated carbocycles. The standard InChI is InChI=1S/C20H18FN3O4S/c1-2-28-17(27)10-15(25)11-29-20-23-18(12-3-5-14(21)6-4-12)19(24-20)13-7-8-22-16(26)9-13/h3-9H,2,10-11H2,1H3,(H,22,26)(H,23,24). The first-order valence-corrected chi connectivity index (χ1v) is 9.80. The van der Waals surface area contributed by atoms with Crippen molar-refractivity contribution in [2.75, 3.05) is 12.4 Å². The number of imidazole rings is 1. The van der Waals surface area contributed by atoms with Crippen LogP contribution in [0.4, 0.5) is 4.39 Å². The number of halogens is 1. The fraction of sp³-hybridized carbons (Fsp3) is 0.200. The highest BCUT2D eigenvalue weighted by Crippen LogP contribution is 2.32. The number of ether oxygens (including phenoxy) is 1. The van der Waals surface area contributed by atoms with Gasteiger partial charge in [0, 0.05) is 23.4 Å². The second-order valence-corrected chi connectivity index (χ2v) is 6.99. The molecule has 9 heteroatoms. The minimum absolute atomic E-state index is 0.0317. The molecule has 0 amide bonds. The second-order valence-electron chi connectivity index (χ2n) is 6.02. The Morgan fingerprint density at radius 1 is 1.17 bits per heavy atom. The number of thioether (sulfide) groups is 1. The van der Waals surface area contributed by atoms with E-state index in [4.69, 9.17) is 4.74 Å². The monoisotopic (exact) mass is 415 g/mol. The molecule has 0 aliphatic heterocycles. The normalized spacial score (nSPS) is 10.7. The Morgan fingerprint density at radius 2 is 1.93 bits per heavy atom. The van der Waals surface area contributed by atoms with Crippen LogP contribution in [0.3, 0.4) is 0 Å². The predicted molar refractivity (Wildman–Crippen MR) is 107 cm³/mol. The molecule has 150 valence electrons. The highest BCUT2D eigenvalue weighted by molar-refractivity contribution is 7.99. The van der Waals surface area contributed by atoms with Gasteiger partial charge in [0.2, 0.25) is 5.56 Å². The summed E-state index contributed by atoms with van der Waals surface area (Å²) in [6.45, 7) is 1.89. The minimum atomic E-state index is -0.561. The summed E-state index contributed by atoms with van der Waals surface area (Å²) in [6, 6.07) is 8.95. The summed E-state index contributed by atoms with van der Waals surface area (Å²) in [4.78, 5) is 45.2. The first-order chi connectivity index (χ1) is 14.0. The third kappa shape index (κ3) is 5.41. The third-order valence-corrected chi connectivity index (χ3v) is 4.81. The summed E-state index contributed by atoms with van der Waals surface area (Å²) < 4.78 is 18.1. The number of carbonyl (C=O) groups is 2. The topological polar surface area (TPSA) is 105 Å². The number of aromatic nitrogens is 3. The van der Waals surface area contributed by atoms with Crippen molar-refractivity contribution in [2.45, 2.75) is 18.5 Å². The quantitative estimate of drug-likeness (QED) is 0.333. The molecule has 3 aromatic rings. The van der Waals surface area contributed by atoms with E-state index in [1.165, 1.54) is 24.4 Å². The van der Waals surface area contributed by atoms with Crippen LogP contribution in [0, 0.1) is 5.82 Å². The largest absolute Gasteiger partial charge is 0.466 e. The third-order valence-electron chi connectivity index (χ3n) is 3.88. The maximum absolute atomic E-state index is 13.3. The molecule has 0 atom stereocenters. The number of benzene rings is 1. The molecule has 0 bridgehead atoms. The molecule has 0 aliphatic rings. The van der Waals surface area contributed by atoms with Crippen LogP contribution in [0.5, 0.6) is 0 Å². The number of carbonyl (C=O) groups excluding carboxylic acids is 2. The highest BCUT2D eigenvalue weighted by Gasteiger charge is 2.17. The van der Waals surface area contributed by atoms with Gasteiger partial charge in [-0.25, -0.2) is 9.37 Å². The van der Waals surface area contributed by atoms with Gasteiger partial charge in [0.05, 0.1) is 23.7 Å². The molecule has 0 radical (unpaired) electrons. The summed E-state index contributed by atoms with van der Waals surface area (Å²) in [5.74, 6) is -1.19. The fourth-order valence-corrected chi connectivity index (χ4v) is 3.35. The van der Waals surface area contributed by atoms with E-state index in [-0.39, 0.29) is 35.9 Å². The average molecular weight is 415 g/mol. The van der Waals surface area contributed by atoms with E-state index in [9.17, 15) is 18.8 Å². The predicted octanol–water partition coefficient (Wildman–Crippen LogP) is 3.19. The van der Waals surface area contributed by atoms with Crippen LogP contribution >= 0.6 is 11.8 Å². The Morgan fingerprint density at radius 3 is 2.62 bits per heavy atom. The van der Waals surface area contributed by atoms with Gasteiger partial charge in [0.15, 0.2) is 10.9 Å². The van der Waals surface area contributed by atoms with Crippen LogP contribution in [-0.2, 0) is 14.3 Å². The molecular formula is C20H18FN3O4S. The first-order valence-electron chi connectivity index (χ1n) is 8.81. The molecule has 1 aromatic carbocycles. The van der Waals surface area contributed by atoms with Gasteiger partial charge in [0.25, 0.3) is 0 Å². The molecule has 0 saturated heterocycles. The molecule has 2 N–H and O–H groups in total. The van der Waals surface area contributed by atoms with Crippen molar-refractivity contribution in [1.29, 1.82) is 0 Å². The molecule has 0 unspecified atom stereocenters. The highest BCUT2D eigenvalue weighted by atomic mass is 32.2. The van der Waals surface area contributed by atoms with Crippen molar-refractivity contribution in [3.05, 3.63) is 58.8 Å². The summed E-state index contributed by atoms with van der Waals surface area (Å²) in [7, 11) is 0. The molecular weight excluding hydrogens is 397 g/mol. The first kappa shape index (κ1) is 20.5. The maximum atomic E-state index is 13.3. The summed E-state index contributed by atoms with van der Waals surface area (Å²) in [6.07, 6.45) is 1.21. The Labute approximate surface area is 169 Å². The summed E-state index contributed by atoms with van der Waals surface area (Å²) in [5.41, 5.74) is 2.07. The lowest BCUT2D eigenvalue weighted by Gasteiger charge is -2.02. The molecule has 0 spiro atoms. The number of esters is 1. The lowest BCUT2D eigenvalue weighted by Crippen LogP contribution is -2.12. The van der Waals surface area contributed by atoms with Gasteiger partial charge in [-0.1, -0.05) is 11.8 Å². The maximum Gasteiger partial charge on any atom is 0.313 e. The van der Waals surface area contributed by atoms with Gasteiger partial charge in [-0.2, -0.15) is 0 Å². The lowest BCUT2D eigenvalue weighted by atomic mass is 10.1. The van der Waals surface area contributed by atoms with Crippen molar-refractivity contribution in [1.82, 2.24) is 15.0 Å². The van der Waals surface area contributed by atoms with Gasteiger partial charge < -0.3 is 14.7 Å². The number of ketones is 1. The summed E-state index contributed by atoms with van der Waals surface area (Å²) >= 11 is 1.14. The molecule has 3 rings (SSSR count). The zero-order valence-electron chi connectivity index (χ0n) is 15.5. The number of H-pyrrole nitrogens is 2. The number of rotatable bonds is 8. The van der Waals surface area contributed by atoms with Crippen molar-refractivity contribution in [2.24, 2.45) is 0 Å². The SMILES string of the molecule is CCOC(=O)CC(=O)CSc1nc(-c2cc[nH]c(=O)c2)c(-c2ccc(F)cc2)[nH]1. The number of pyridine rings is 1. The smallest absolute Gasteiger partial charge is 0.313 e. The van der Waals surface area contributed by atoms with Gasteiger partial charge in [0.1, 0.15) is 12.2 Å². The van der Waals surface area contributed by atoms with E-state index < -0.39 is 5.97 Å². The zero-order valence-corrected chi connectivity index (χ0v) is 16.3. The molecule has 2 heterocycles. The minimum Gasteiger partial charge on any atom is -0.466 e. The zero-order chi connectivity index (χ0) is 20.8. The fourth-order valence-electron chi connectivity index (χ4n) is 2.62. The van der Waals surface area contributed by atoms with Crippen LogP contribution in [0.25, 0.3) is 22.5 Å². The molecule has 29 heavy (non-hydrogen) atoms. The number of hydrogen-bond acceptors (Lipinski definition) is 6.